The van der Waals surface area contributed by atoms with E-state index < -0.39 is 9.84 Å². The van der Waals surface area contributed by atoms with Crippen LogP contribution >= 0.6 is 11.8 Å². The second-order valence-corrected chi connectivity index (χ2v) is 8.71. The molecule has 0 bridgehead atoms. The molecule has 2 rings (SSSR count). The monoisotopic (exact) mass is 278 g/mol. The highest BCUT2D eigenvalue weighted by molar-refractivity contribution is 8.00. The standard InChI is InChI=1S/C11H22N2O2S2/c1-17(14,15)10-9-16-8-7-13(10)6-5-11(12)3-2-4-11/h10H,2-9,12H2,1H3. The lowest BCUT2D eigenvalue weighted by Crippen LogP contribution is -2.52. The van der Waals surface area contributed by atoms with Gasteiger partial charge in [0.15, 0.2) is 9.84 Å². The van der Waals surface area contributed by atoms with E-state index in [9.17, 15) is 8.42 Å². The van der Waals surface area contributed by atoms with Crippen molar-refractivity contribution in [3.8, 4) is 0 Å². The van der Waals surface area contributed by atoms with Crippen LogP contribution in [0.15, 0.2) is 0 Å². The van der Waals surface area contributed by atoms with Gasteiger partial charge in [-0.15, -0.1) is 0 Å². The Kier molecular flexibility index (Phi) is 4.07. The predicted molar refractivity (Wildman–Crippen MR) is 72.9 cm³/mol. The minimum Gasteiger partial charge on any atom is -0.325 e. The van der Waals surface area contributed by atoms with Crippen LogP contribution in [0.2, 0.25) is 0 Å². The fourth-order valence-electron chi connectivity index (χ4n) is 2.51. The fourth-order valence-corrected chi connectivity index (χ4v) is 5.49. The van der Waals surface area contributed by atoms with Gasteiger partial charge >= 0.3 is 0 Å². The number of rotatable bonds is 4. The molecular weight excluding hydrogens is 256 g/mol. The van der Waals surface area contributed by atoms with Crippen LogP contribution in [0, 0.1) is 0 Å². The number of nitrogens with two attached hydrogens (primary N) is 1. The molecule has 2 N–H and O–H groups in total. The molecule has 0 aromatic carbocycles. The van der Waals surface area contributed by atoms with Gasteiger partial charge in [0.2, 0.25) is 0 Å². The van der Waals surface area contributed by atoms with Crippen molar-refractivity contribution in [1.82, 2.24) is 4.90 Å². The first kappa shape index (κ1) is 13.6. The summed E-state index contributed by atoms with van der Waals surface area (Å²) >= 11 is 1.73. The lowest BCUT2D eigenvalue weighted by molar-refractivity contribution is 0.179. The van der Waals surface area contributed by atoms with Gasteiger partial charge in [0, 0.05) is 36.4 Å². The number of hydrogen-bond acceptors (Lipinski definition) is 5. The quantitative estimate of drug-likeness (QED) is 0.819. The first-order valence-electron chi connectivity index (χ1n) is 6.20. The molecule has 1 atom stereocenters. The molecule has 100 valence electrons. The third-order valence-electron chi connectivity index (χ3n) is 3.93. The Balaban J connectivity index is 1.92. The molecule has 0 aromatic rings. The Morgan fingerprint density at radius 3 is 2.71 bits per heavy atom. The first-order valence-corrected chi connectivity index (χ1v) is 9.31. The summed E-state index contributed by atoms with van der Waals surface area (Å²) in [5.41, 5.74) is 6.19. The van der Waals surface area contributed by atoms with E-state index in [0.717, 1.165) is 38.1 Å². The number of thioether (sulfide) groups is 1. The minimum absolute atomic E-state index is 0.00730. The summed E-state index contributed by atoms with van der Waals surface area (Å²) in [5, 5.41) is -0.301. The van der Waals surface area contributed by atoms with E-state index in [0.29, 0.717) is 5.75 Å². The maximum absolute atomic E-state index is 11.7. The molecule has 1 aliphatic carbocycles. The van der Waals surface area contributed by atoms with Gasteiger partial charge in [0.25, 0.3) is 0 Å². The number of sulfone groups is 1. The van der Waals surface area contributed by atoms with Crippen molar-refractivity contribution >= 4 is 21.6 Å². The van der Waals surface area contributed by atoms with Gasteiger partial charge in [-0.25, -0.2) is 8.42 Å². The van der Waals surface area contributed by atoms with Crippen LogP contribution in [-0.4, -0.2) is 55.1 Å². The lowest BCUT2D eigenvalue weighted by atomic mass is 9.75. The highest BCUT2D eigenvalue weighted by Crippen LogP contribution is 2.33. The summed E-state index contributed by atoms with van der Waals surface area (Å²) in [4.78, 5) is 2.11. The molecule has 0 radical (unpaired) electrons. The molecule has 0 spiro atoms. The van der Waals surface area contributed by atoms with Gasteiger partial charge < -0.3 is 5.73 Å². The largest absolute Gasteiger partial charge is 0.325 e. The van der Waals surface area contributed by atoms with E-state index in [1.165, 1.54) is 12.7 Å². The zero-order valence-electron chi connectivity index (χ0n) is 10.4. The topological polar surface area (TPSA) is 63.4 Å². The van der Waals surface area contributed by atoms with E-state index in [4.69, 9.17) is 5.73 Å². The second kappa shape index (κ2) is 5.07. The molecular formula is C11H22N2O2S2. The van der Waals surface area contributed by atoms with Crippen molar-refractivity contribution in [2.75, 3.05) is 30.9 Å². The molecule has 2 fully saturated rings. The maximum Gasteiger partial charge on any atom is 0.164 e. The van der Waals surface area contributed by atoms with Crippen LogP contribution in [0.4, 0.5) is 0 Å². The molecule has 6 heteroatoms. The summed E-state index contributed by atoms with van der Waals surface area (Å²) in [6.45, 7) is 1.70. The van der Waals surface area contributed by atoms with Gasteiger partial charge in [0.05, 0.1) is 0 Å². The van der Waals surface area contributed by atoms with E-state index in [-0.39, 0.29) is 10.9 Å². The number of nitrogens with zero attached hydrogens (tertiary/aromatic N) is 1. The van der Waals surface area contributed by atoms with Crippen LogP contribution in [0.1, 0.15) is 25.7 Å². The molecule has 1 aliphatic heterocycles. The van der Waals surface area contributed by atoms with Crippen molar-refractivity contribution in [2.24, 2.45) is 5.73 Å². The van der Waals surface area contributed by atoms with Gasteiger partial charge in [0.1, 0.15) is 5.37 Å². The van der Waals surface area contributed by atoms with Crippen LogP contribution in [0.3, 0.4) is 0 Å². The molecule has 1 unspecified atom stereocenters. The van der Waals surface area contributed by atoms with Gasteiger partial charge in [-0.05, 0) is 25.7 Å². The van der Waals surface area contributed by atoms with Crippen molar-refractivity contribution in [3.05, 3.63) is 0 Å². The zero-order valence-corrected chi connectivity index (χ0v) is 12.0. The lowest BCUT2D eigenvalue weighted by Gasteiger charge is -2.41. The predicted octanol–water partition coefficient (Wildman–Crippen LogP) is 0.677. The van der Waals surface area contributed by atoms with Crippen molar-refractivity contribution in [3.63, 3.8) is 0 Å². The summed E-state index contributed by atoms with van der Waals surface area (Å²) in [7, 11) is -2.97. The normalized spacial score (nSPS) is 29.9. The summed E-state index contributed by atoms with van der Waals surface area (Å²) in [6.07, 6.45) is 5.70. The van der Waals surface area contributed by atoms with Crippen molar-refractivity contribution in [2.45, 2.75) is 36.6 Å². The molecule has 1 saturated carbocycles. The highest BCUT2D eigenvalue weighted by Gasteiger charge is 2.35. The Morgan fingerprint density at radius 1 is 1.47 bits per heavy atom. The zero-order chi connectivity index (χ0) is 12.5. The number of hydrogen-bond donors (Lipinski definition) is 1. The molecule has 0 aromatic heterocycles. The Labute approximate surface area is 108 Å². The van der Waals surface area contributed by atoms with Crippen LogP contribution in [0.25, 0.3) is 0 Å². The van der Waals surface area contributed by atoms with Crippen molar-refractivity contribution in [1.29, 1.82) is 0 Å². The Bertz CT molecular complexity index is 366. The summed E-state index contributed by atoms with van der Waals surface area (Å²) in [5.74, 6) is 1.74. The maximum atomic E-state index is 11.7. The molecule has 17 heavy (non-hydrogen) atoms. The minimum atomic E-state index is -2.97. The van der Waals surface area contributed by atoms with Gasteiger partial charge in [-0.3, -0.25) is 4.90 Å². The smallest absolute Gasteiger partial charge is 0.164 e. The van der Waals surface area contributed by atoms with E-state index in [2.05, 4.69) is 4.90 Å². The van der Waals surface area contributed by atoms with E-state index in [1.807, 2.05) is 0 Å². The third kappa shape index (κ3) is 3.36. The Morgan fingerprint density at radius 2 is 2.18 bits per heavy atom. The van der Waals surface area contributed by atoms with Crippen LogP contribution in [-0.2, 0) is 9.84 Å². The molecule has 4 nitrogen and oxygen atoms in total. The highest BCUT2D eigenvalue weighted by atomic mass is 32.2. The summed E-state index contributed by atoms with van der Waals surface area (Å²) in [6, 6.07) is 0. The van der Waals surface area contributed by atoms with Crippen LogP contribution in [0.5, 0.6) is 0 Å². The van der Waals surface area contributed by atoms with E-state index >= 15 is 0 Å². The Hall–Kier alpha value is 0.220. The first-order chi connectivity index (χ1) is 7.91. The summed E-state index contributed by atoms with van der Waals surface area (Å²) < 4.78 is 23.4. The molecule has 0 amide bonds. The molecule has 2 aliphatic rings. The average Bonchev–Trinajstić information content (AvgIpc) is 2.23. The van der Waals surface area contributed by atoms with Gasteiger partial charge in [-0.1, -0.05) is 0 Å². The second-order valence-electron chi connectivity index (χ2n) is 5.36. The fraction of sp³-hybridized carbons (Fsp3) is 1.00. The average molecular weight is 278 g/mol. The van der Waals surface area contributed by atoms with Crippen molar-refractivity contribution < 1.29 is 8.42 Å². The SMILES string of the molecule is CS(=O)(=O)C1CSCCN1CCC1(N)CCC1. The van der Waals surface area contributed by atoms with Crippen LogP contribution < -0.4 is 5.73 Å². The molecule has 1 heterocycles. The van der Waals surface area contributed by atoms with E-state index in [1.54, 1.807) is 11.8 Å². The van der Waals surface area contributed by atoms with Gasteiger partial charge in [-0.2, -0.15) is 11.8 Å². The third-order valence-corrected chi connectivity index (χ3v) is 6.62. The molecule has 1 saturated heterocycles.